The molecule has 784 valence electrons. The Hall–Kier alpha value is -3.26. The molecular weight excluding hydrogens is 1850 g/mol. The zero-order chi connectivity index (χ0) is 99.1. The van der Waals surface area contributed by atoms with E-state index in [1.165, 1.54) is 20.8 Å². The SMILES string of the molecule is CC(=O)N[C@@H]1[C@@H](O[C@@H]2O[C@@H](C)[C@@H](O)[C@@H](O)[C@@H]2O)[C@H](O[C@@H]2O[C@H](CO)[C@@H](O[C@@H]3O[C@H](CO)[C@@H](O[C@@H]4O[C@H](CO)[C@H](O)[C@H](O)[C@H]4O[C@@H]4O[C@@H](C)[C@@H](O)[C@@H](O)[C@@H]4O)[C@H](O[C@H]4O[C@H](CO)[C@@H](O[C@H]5O[C@H](CO)[C@H](O)[C@H](O)[C@H]5O)[C@H](O)[C@@H]4O)[C@@H]3O)[C@H](O[C@@H]3O[C@@H](C)[C@@H](O)[C@@H](O)[C@@H]3OC3O[C@H](CO)[C@H](O)[C@H](O)[C@H]3O)[C@H]2NC(C)=O)[C@@H](CO[C@@H]2O[C@@H](C)[C@@H](O[C@@H]3O[C@H](CO)[C@H](O)[C@H](O)[C@H]3O)[C@@H](O)[C@@H]2O)O[C@H]1O. The highest BCUT2D eigenvalue weighted by molar-refractivity contribution is 5.73. The lowest BCUT2D eigenvalue weighted by atomic mass is 9.92. The highest BCUT2D eigenvalue weighted by Crippen LogP contribution is 2.44. The van der Waals surface area contributed by atoms with E-state index in [2.05, 4.69) is 10.6 Å². The molecule has 12 aliphatic rings. The molecule has 0 spiro atoms. The number of nitrogens with one attached hydrogen (secondary N) is 2. The molecule has 0 aromatic rings. The van der Waals surface area contributed by atoms with Gasteiger partial charge in [0.25, 0.3) is 0 Å². The fourth-order valence-electron chi connectivity index (χ4n) is 17.9. The van der Waals surface area contributed by atoms with Crippen molar-refractivity contribution in [1.82, 2.24) is 10.6 Å². The van der Waals surface area contributed by atoms with Crippen LogP contribution in [-0.4, -0.2) is 596 Å². The second-order valence-corrected chi connectivity index (χ2v) is 35.0. The fourth-order valence-corrected chi connectivity index (χ4v) is 17.9. The van der Waals surface area contributed by atoms with Gasteiger partial charge in [0.15, 0.2) is 75.5 Å². The van der Waals surface area contributed by atoms with Gasteiger partial charge in [-0.25, -0.2) is 0 Å². The normalized spacial score (nSPS) is 53.1. The Bertz CT molecular complexity index is 3650. The molecule has 0 radical (unpaired) electrons. The summed E-state index contributed by atoms with van der Waals surface area (Å²) in [6.45, 7) is -2.97. The predicted octanol–water partition coefficient (Wildman–Crippen LogP) is -22.8. The first-order valence-electron chi connectivity index (χ1n) is 43.6. The van der Waals surface area contributed by atoms with Gasteiger partial charge in [-0.1, -0.05) is 0 Å². The van der Waals surface area contributed by atoms with Gasteiger partial charge in [-0.2, -0.15) is 0 Å². The Balaban J connectivity index is 0.959. The third-order valence-electron chi connectivity index (χ3n) is 25.7. The van der Waals surface area contributed by atoms with E-state index in [4.69, 9.17) is 109 Å². The van der Waals surface area contributed by atoms with Crippen LogP contribution in [0.2, 0.25) is 0 Å². The van der Waals surface area contributed by atoms with E-state index >= 15 is 0 Å². The van der Waals surface area contributed by atoms with Crippen molar-refractivity contribution in [2.45, 2.75) is 410 Å². The molecule has 1 unspecified atom stereocenters. The second-order valence-electron chi connectivity index (χ2n) is 35.0. The van der Waals surface area contributed by atoms with Gasteiger partial charge in [0.1, 0.15) is 268 Å². The van der Waals surface area contributed by atoms with Crippen LogP contribution >= 0.6 is 0 Å². The maximum Gasteiger partial charge on any atom is 0.217 e. The Morgan fingerprint density at radius 1 is 0.207 bits per heavy atom. The molecule has 2 amide bonds. The molecule has 12 aliphatic heterocycles. The molecule has 12 rings (SSSR count). The summed E-state index contributed by atoms with van der Waals surface area (Å²) < 4.78 is 140. The number of hydrogen-bond donors (Lipinski definition) is 34. The van der Waals surface area contributed by atoms with Crippen molar-refractivity contribution < 1.29 is 282 Å². The first-order chi connectivity index (χ1) is 63.8. The maximum absolute atomic E-state index is 14.4. The highest BCUT2D eigenvalue weighted by Gasteiger charge is 2.64. The van der Waals surface area contributed by atoms with E-state index in [-0.39, 0.29) is 0 Å². The molecule has 59 heteroatoms. The van der Waals surface area contributed by atoms with Crippen molar-refractivity contribution in [3.8, 4) is 0 Å². The number of aliphatic hydroxyl groups excluding tert-OH is 32. The highest BCUT2D eigenvalue weighted by atomic mass is 16.8. The Labute approximate surface area is 764 Å². The maximum atomic E-state index is 14.4. The van der Waals surface area contributed by atoms with Crippen LogP contribution < -0.4 is 10.6 Å². The third kappa shape index (κ3) is 23.5. The summed E-state index contributed by atoms with van der Waals surface area (Å²) in [4.78, 5) is 27.8. The van der Waals surface area contributed by atoms with Gasteiger partial charge in [-0.15, -0.1) is 0 Å². The predicted molar refractivity (Wildman–Crippen MR) is 413 cm³/mol. The van der Waals surface area contributed by atoms with E-state index in [0.717, 1.165) is 20.8 Å². The van der Waals surface area contributed by atoms with Gasteiger partial charge >= 0.3 is 0 Å². The van der Waals surface area contributed by atoms with Crippen LogP contribution in [0.4, 0.5) is 0 Å². The third-order valence-corrected chi connectivity index (χ3v) is 25.7. The molecule has 12 saturated heterocycles. The molecule has 0 aromatic heterocycles. The van der Waals surface area contributed by atoms with Crippen LogP contribution in [0.1, 0.15) is 41.5 Å². The van der Waals surface area contributed by atoms with Crippen molar-refractivity contribution in [3.63, 3.8) is 0 Å². The average Bonchev–Trinajstić information content (AvgIpc) is 0.749. The summed E-state index contributed by atoms with van der Waals surface area (Å²) in [5.74, 6) is -2.17. The van der Waals surface area contributed by atoms with Gasteiger partial charge in [0.2, 0.25) is 11.8 Å². The number of carbonyl (C=O) groups excluding carboxylic acids is 2. The molecule has 0 bridgehead atoms. The second kappa shape index (κ2) is 47.3. The lowest BCUT2D eigenvalue weighted by Gasteiger charge is -2.53. The summed E-state index contributed by atoms with van der Waals surface area (Å²) in [5, 5.41) is 365. The minimum absolute atomic E-state index is 0.841. The minimum Gasteiger partial charge on any atom is -0.394 e. The number of hydrogen-bond acceptors (Lipinski definition) is 57. The minimum atomic E-state index is -2.79. The van der Waals surface area contributed by atoms with Crippen LogP contribution in [0.25, 0.3) is 0 Å². The summed E-state index contributed by atoms with van der Waals surface area (Å²) in [6, 6.07) is -4.38. The van der Waals surface area contributed by atoms with Gasteiger partial charge in [-0.3, -0.25) is 9.59 Å². The zero-order valence-electron chi connectivity index (χ0n) is 72.8. The monoisotopic (exact) mass is 1980 g/mol. The fraction of sp³-hybridized carbons (Fsp3) is 0.974. The average molecular weight is 1980 g/mol. The van der Waals surface area contributed by atoms with Crippen LogP contribution in [-0.2, 0) is 119 Å². The smallest absolute Gasteiger partial charge is 0.217 e. The molecule has 0 aliphatic carbocycles. The number of rotatable bonds is 32. The largest absolute Gasteiger partial charge is 0.394 e. The van der Waals surface area contributed by atoms with E-state index < -0.39 is 433 Å². The molecule has 0 aromatic carbocycles. The quantitative estimate of drug-likeness (QED) is 0.0297. The van der Waals surface area contributed by atoms with Crippen molar-refractivity contribution in [3.05, 3.63) is 0 Å². The zero-order valence-corrected chi connectivity index (χ0v) is 72.8. The number of amides is 2. The number of carbonyl (C=O) groups is 2. The molecule has 135 heavy (non-hydrogen) atoms. The van der Waals surface area contributed by atoms with Crippen molar-refractivity contribution in [2.24, 2.45) is 0 Å². The standard InChI is InChI=1S/C76H128N2O57/c1-15-31(88)38(95)47(104)68(114-15)131-60-29(77-19(5)86)65(112)118-28(14-113-67-52(109)45(102)55(18(4)117-67)126-70-49(106)40(97)34(91)21(7-79)119-70)59(60)128-66-30(78-20(6)87)61(132-75-63(43(100)33(90)17(3)116-75)135-72-51(108)42(99)36(93)23(9-81)121-72)57(26(12-84)123-66)129-74-54(111)62(133-73-53(110)46(103)56(25(11-83)124-73)127-71-50(107)41(98)35(92)22(8-80)120-71)58(27(13-85)125-74)130-76-64(44(101)37(94)24(10-82)122-76)134-69-48(105)39(96)32(89)16(2)115-69/h15-18,21-76,79-85,88-112H,7-14H2,1-6H3,(H,77,86)(H,78,87)/t15-,16-,17-,18-,21+,22+,23+,24+,25+,26+,27+,28+,29+,30+,31+,32+,33+,34-,35-,36-,37-,38+,39+,40-,41-,42-,43+,44-,45-,46+,47-,48-,49+,50+,51+,52-,53-,54-,55+,56+,57+,58+,59+,60+,61+,62+,63-,64+,65+,66-,67+,68-,69-,70-,71+,72?,73+,74-,75-,76-/m0/s1. The van der Waals surface area contributed by atoms with E-state index in [1.807, 2.05) is 0 Å². The van der Waals surface area contributed by atoms with Crippen LogP contribution in [0.15, 0.2) is 0 Å². The molecule has 34 N–H and O–H groups in total. The summed E-state index contributed by atoms with van der Waals surface area (Å²) in [7, 11) is 0. The Morgan fingerprint density at radius 2 is 0.452 bits per heavy atom. The molecule has 60 atom stereocenters. The summed E-state index contributed by atoms with van der Waals surface area (Å²) in [6.07, 6.45) is -124. The van der Waals surface area contributed by atoms with Gasteiger partial charge in [-0.05, 0) is 27.7 Å². The van der Waals surface area contributed by atoms with Gasteiger partial charge < -0.3 is 283 Å². The number of ether oxygens (including phenoxy) is 23. The lowest BCUT2D eigenvalue weighted by Crippen LogP contribution is -2.73. The molecule has 12 fully saturated rings. The van der Waals surface area contributed by atoms with Crippen LogP contribution in [0, 0.1) is 0 Å². The van der Waals surface area contributed by atoms with E-state index in [0.29, 0.717) is 0 Å². The Morgan fingerprint density at radius 3 is 0.896 bits per heavy atom. The first kappa shape index (κ1) is 111. The lowest BCUT2D eigenvalue weighted by molar-refractivity contribution is -0.417. The molecule has 12 heterocycles. The Kier molecular flexibility index (Phi) is 38.7. The van der Waals surface area contributed by atoms with Crippen LogP contribution in [0.5, 0.6) is 0 Å². The number of aliphatic hydroxyl groups is 32. The molecule has 0 saturated carbocycles. The van der Waals surface area contributed by atoms with Crippen molar-refractivity contribution in [2.75, 3.05) is 52.9 Å². The van der Waals surface area contributed by atoms with E-state index in [1.54, 1.807) is 0 Å². The first-order valence-corrected chi connectivity index (χ1v) is 43.6. The van der Waals surface area contributed by atoms with Gasteiger partial charge in [0.05, 0.1) is 77.3 Å². The summed E-state index contributed by atoms with van der Waals surface area (Å²) >= 11 is 0. The summed E-state index contributed by atoms with van der Waals surface area (Å²) in [5.41, 5.74) is 0. The van der Waals surface area contributed by atoms with Crippen molar-refractivity contribution >= 4 is 11.8 Å². The van der Waals surface area contributed by atoms with Gasteiger partial charge in [0, 0.05) is 13.8 Å². The van der Waals surface area contributed by atoms with Crippen LogP contribution in [0.3, 0.4) is 0 Å². The molecular formula is C76H128N2O57. The molecule has 59 nitrogen and oxygen atoms in total. The van der Waals surface area contributed by atoms with E-state index in [9.17, 15) is 173 Å². The van der Waals surface area contributed by atoms with Crippen molar-refractivity contribution in [1.29, 1.82) is 0 Å². The topological polar surface area (TPSA) is 918 Å².